The Balaban J connectivity index is 1.68. The number of anilines is 1. The largest absolute Gasteiger partial charge is 0.491 e. The lowest BCUT2D eigenvalue weighted by Crippen LogP contribution is -2.15. The first-order valence-electron chi connectivity index (χ1n) is 9.80. The van der Waals surface area contributed by atoms with Crippen molar-refractivity contribution in [2.75, 3.05) is 11.9 Å². The van der Waals surface area contributed by atoms with Crippen LogP contribution in [0.5, 0.6) is 5.75 Å². The van der Waals surface area contributed by atoms with Crippen LogP contribution >= 0.6 is 23.2 Å². The molecular formula is C23H22Cl2N4O3. The number of benzene rings is 2. The lowest BCUT2D eigenvalue weighted by Gasteiger charge is -2.10. The molecular weight excluding hydrogens is 451 g/mol. The summed E-state index contributed by atoms with van der Waals surface area (Å²) in [6.07, 6.45) is 3.08. The van der Waals surface area contributed by atoms with Crippen LogP contribution in [0.2, 0.25) is 10.2 Å². The number of ether oxygens (including phenoxy) is 1. The molecule has 3 N–H and O–H groups in total. The van der Waals surface area contributed by atoms with E-state index in [1.807, 2.05) is 31.2 Å². The molecule has 7 nitrogen and oxygen atoms in total. The molecule has 1 heterocycles. The van der Waals surface area contributed by atoms with Gasteiger partial charge >= 0.3 is 0 Å². The van der Waals surface area contributed by atoms with Crippen LogP contribution in [0, 0.1) is 6.92 Å². The van der Waals surface area contributed by atoms with Crippen molar-refractivity contribution >= 4 is 46.8 Å². The van der Waals surface area contributed by atoms with Gasteiger partial charge in [-0.15, -0.1) is 0 Å². The normalized spacial score (nSPS) is 11.0. The van der Waals surface area contributed by atoms with E-state index in [1.54, 1.807) is 35.0 Å². The van der Waals surface area contributed by atoms with Crippen molar-refractivity contribution in [3.8, 4) is 5.75 Å². The summed E-state index contributed by atoms with van der Waals surface area (Å²) >= 11 is 12.4. The van der Waals surface area contributed by atoms with Crippen LogP contribution in [-0.2, 0) is 16.1 Å². The van der Waals surface area contributed by atoms with E-state index >= 15 is 0 Å². The highest BCUT2D eigenvalue weighted by Gasteiger charge is 2.12. The molecule has 0 saturated heterocycles. The number of hydrogen-bond acceptors (Lipinski definition) is 4. The highest BCUT2D eigenvalue weighted by molar-refractivity contribution is 6.31. The van der Waals surface area contributed by atoms with Crippen LogP contribution in [0.3, 0.4) is 0 Å². The van der Waals surface area contributed by atoms with Crippen LogP contribution in [-0.4, -0.2) is 28.2 Å². The van der Waals surface area contributed by atoms with Gasteiger partial charge in [0.25, 0.3) is 0 Å². The second kappa shape index (κ2) is 10.8. The summed E-state index contributed by atoms with van der Waals surface area (Å²) in [5.74, 6) is -0.379. The number of nitrogens with two attached hydrogens (primary N) is 1. The van der Waals surface area contributed by atoms with Gasteiger partial charge in [-0.3, -0.25) is 9.59 Å². The third-order valence-electron chi connectivity index (χ3n) is 4.51. The third kappa shape index (κ3) is 6.35. The standard InChI is InChI=1S/C23H22Cl2N4O3/c1-15-18(23(25)29(28-15)14-16-6-8-17(24)9-7-16)10-11-22(31)27-19-4-2-3-5-20(19)32-13-12-21(26)30/h2-11H,12-14H2,1H3,(H2,26,30)(H,27,31)/b11-10+. The smallest absolute Gasteiger partial charge is 0.248 e. The highest BCUT2D eigenvalue weighted by Crippen LogP contribution is 2.25. The molecule has 0 unspecified atom stereocenters. The predicted molar refractivity (Wildman–Crippen MR) is 126 cm³/mol. The van der Waals surface area contributed by atoms with Crippen molar-refractivity contribution in [1.82, 2.24) is 9.78 Å². The Labute approximate surface area is 195 Å². The Morgan fingerprint density at radius 2 is 1.88 bits per heavy atom. The fourth-order valence-electron chi connectivity index (χ4n) is 2.91. The van der Waals surface area contributed by atoms with E-state index in [2.05, 4.69) is 10.4 Å². The molecule has 0 aliphatic rings. The first-order chi connectivity index (χ1) is 15.3. The quantitative estimate of drug-likeness (QED) is 0.449. The number of rotatable bonds is 9. The average Bonchev–Trinajstić information content (AvgIpc) is 3.01. The minimum Gasteiger partial charge on any atom is -0.491 e. The van der Waals surface area contributed by atoms with Crippen molar-refractivity contribution in [3.63, 3.8) is 0 Å². The van der Waals surface area contributed by atoms with E-state index < -0.39 is 5.91 Å². The second-order valence-corrected chi connectivity index (χ2v) is 7.75. The van der Waals surface area contributed by atoms with Crippen molar-refractivity contribution in [1.29, 1.82) is 0 Å². The van der Waals surface area contributed by atoms with Gasteiger partial charge in [-0.05, 0) is 42.8 Å². The minimum absolute atomic E-state index is 0.0833. The Hall–Kier alpha value is -3.29. The van der Waals surface area contributed by atoms with Gasteiger partial charge in [0, 0.05) is 16.7 Å². The molecule has 0 atom stereocenters. The fourth-order valence-corrected chi connectivity index (χ4v) is 3.34. The van der Waals surface area contributed by atoms with Gasteiger partial charge in [-0.25, -0.2) is 4.68 Å². The number of hydrogen-bond donors (Lipinski definition) is 2. The molecule has 9 heteroatoms. The molecule has 2 aromatic carbocycles. The lowest BCUT2D eigenvalue weighted by molar-refractivity contribution is -0.118. The Morgan fingerprint density at radius 1 is 1.16 bits per heavy atom. The second-order valence-electron chi connectivity index (χ2n) is 6.96. The summed E-state index contributed by atoms with van der Waals surface area (Å²) < 4.78 is 7.20. The number of carbonyl (C=O) groups is 2. The fraction of sp³-hybridized carbons (Fsp3) is 0.174. The average molecular weight is 473 g/mol. The molecule has 166 valence electrons. The SMILES string of the molecule is Cc1nn(Cc2ccc(Cl)cc2)c(Cl)c1/C=C/C(=O)Nc1ccccc1OCCC(N)=O. The van der Waals surface area contributed by atoms with Crippen LogP contribution in [0.4, 0.5) is 5.69 Å². The van der Waals surface area contributed by atoms with Crippen LogP contribution in [0.15, 0.2) is 54.6 Å². The van der Waals surface area contributed by atoms with Gasteiger partial charge in [0.15, 0.2) is 0 Å². The molecule has 0 fully saturated rings. The monoisotopic (exact) mass is 472 g/mol. The number of amides is 2. The van der Waals surface area contributed by atoms with E-state index in [-0.39, 0.29) is 18.9 Å². The van der Waals surface area contributed by atoms with Crippen molar-refractivity contribution < 1.29 is 14.3 Å². The summed E-state index contributed by atoms with van der Waals surface area (Å²) in [6, 6.07) is 14.4. The van der Waals surface area contributed by atoms with Crippen LogP contribution < -0.4 is 15.8 Å². The first-order valence-corrected chi connectivity index (χ1v) is 10.6. The van der Waals surface area contributed by atoms with Gasteiger partial charge < -0.3 is 15.8 Å². The minimum atomic E-state index is -0.460. The summed E-state index contributed by atoms with van der Waals surface area (Å²) in [5, 5.41) is 8.31. The zero-order valence-corrected chi connectivity index (χ0v) is 18.9. The van der Waals surface area contributed by atoms with E-state index in [0.29, 0.717) is 39.4 Å². The van der Waals surface area contributed by atoms with Gasteiger partial charge in [0.05, 0.1) is 31.0 Å². The molecule has 3 rings (SSSR count). The number of carbonyl (C=O) groups excluding carboxylic acids is 2. The topological polar surface area (TPSA) is 99.2 Å². The zero-order chi connectivity index (χ0) is 23.1. The Bertz CT molecular complexity index is 1140. The van der Waals surface area contributed by atoms with Gasteiger partial charge in [-0.2, -0.15) is 5.10 Å². The van der Waals surface area contributed by atoms with E-state index in [0.717, 1.165) is 5.56 Å². The van der Waals surface area contributed by atoms with E-state index in [4.69, 9.17) is 33.7 Å². The van der Waals surface area contributed by atoms with Crippen LogP contribution in [0.25, 0.3) is 6.08 Å². The molecule has 2 amide bonds. The van der Waals surface area contributed by atoms with Gasteiger partial charge in [-0.1, -0.05) is 47.5 Å². The maximum absolute atomic E-state index is 12.5. The van der Waals surface area contributed by atoms with Crippen LogP contribution in [0.1, 0.15) is 23.2 Å². The number of aromatic nitrogens is 2. The molecule has 0 radical (unpaired) electrons. The molecule has 0 saturated carbocycles. The highest BCUT2D eigenvalue weighted by atomic mass is 35.5. The molecule has 3 aromatic rings. The third-order valence-corrected chi connectivity index (χ3v) is 5.16. The van der Waals surface area contributed by atoms with E-state index in [1.165, 1.54) is 6.08 Å². The summed E-state index contributed by atoms with van der Waals surface area (Å²) in [5.41, 5.74) is 7.96. The summed E-state index contributed by atoms with van der Waals surface area (Å²) in [6.45, 7) is 2.43. The number of primary amides is 1. The molecule has 0 spiro atoms. The Morgan fingerprint density at radius 3 is 2.59 bits per heavy atom. The number of halogens is 2. The number of para-hydroxylation sites is 2. The predicted octanol–water partition coefficient (Wildman–Crippen LogP) is 4.45. The molecule has 0 aliphatic carbocycles. The van der Waals surface area contributed by atoms with E-state index in [9.17, 15) is 9.59 Å². The maximum atomic E-state index is 12.5. The summed E-state index contributed by atoms with van der Waals surface area (Å²) in [7, 11) is 0. The van der Waals surface area contributed by atoms with Crippen molar-refractivity contribution in [2.24, 2.45) is 5.73 Å². The van der Waals surface area contributed by atoms with Gasteiger partial charge in [0.2, 0.25) is 11.8 Å². The van der Waals surface area contributed by atoms with Crippen molar-refractivity contribution in [2.45, 2.75) is 19.9 Å². The number of nitrogens with zero attached hydrogens (tertiary/aromatic N) is 2. The lowest BCUT2D eigenvalue weighted by atomic mass is 10.2. The maximum Gasteiger partial charge on any atom is 0.248 e. The summed E-state index contributed by atoms with van der Waals surface area (Å²) in [4.78, 5) is 23.3. The molecule has 0 aliphatic heterocycles. The molecule has 1 aromatic heterocycles. The zero-order valence-electron chi connectivity index (χ0n) is 17.3. The Kier molecular flexibility index (Phi) is 7.92. The molecule has 32 heavy (non-hydrogen) atoms. The number of nitrogens with one attached hydrogen (secondary N) is 1. The van der Waals surface area contributed by atoms with Gasteiger partial charge in [0.1, 0.15) is 10.9 Å². The molecule has 0 bridgehead atoms. The van der Waals surface area contributed by atoms with Crippen molar-refractivity contribution in [3.05, 3.63) is 81.6 Å². The number of aryl methyl sites for hydroxylation is 1. The first kappa shape index (κ1) is 23.4.